The van der Waals surface area contributed by atoms with Gasteiger partial charge >= 0.3 is 0 Å². The molecule has 1 amide bonds. The van der Waals surface area contributed by atoms with E-state index in [0.717, 1.165) is 0 Å². The number of primary amides is 1. The van der Waals surface area contributed by atoms with E-state index in [-0.39, 0.29) is 5.69 Å². The highest BCUT2D eigenvalue weighted by atomic mass is 19.1. The Kier molecular flexibility index (Phi) is 1.73. The number of halogens is 1. The van der Waals surface area contributed by atoms with Crippen LogP contribution in [0.5, 0.6) is 0 Å². The predicted octanol–water partition coefficient (Wildman–Crippen LogP) is 0.881. The largest absolute Gasteiger partial charge is 0.364 e. The lowest BCUT2D eigenvalue weighted by molar-refractivity contribution is 0.0994. The molecule has 0 aliphatic carbocycles. The topological polar surface area (TPSA) is 60.4 Å². The molecule has 0 fully saturated rings. The van der Waals surface area contributed by atoms with Crippen molar-refractivity contribution >= 4 is 11.6 Å². The zero-order chi connectivity index (χ0) is 10.3. The molecule has 0 unspecified atom stereocenters. The standard InChI is InChI=1S/C9H8FN3O/c1-5-2-6(10)4-13-7(8(11)14)3-12-9(5)13/h2-4H,1H3,(H2,11,14). The normalized spacial score (nSPS) is 10.7. The van der Waals surface area contributed by atoms with Crippen LogP contribution in [0, 0.1) is 12.7 Å². The van der Waals surface area contributed by atoms with E-state index >= 15 is 0 Å². The average molecular weight is 193 g/mol. The molecule has 0 aliphatic rings. The van der Waals surface area contributed by atoms with Gasteiger partial charge < -0.3 is 5.73 Å². The summed E-state index contributed by atoms with van der Waals surface area (Å²) in [6.45, 7) is 1.72. The lowest BCUT2D eigenvalue weighted by Crippen LogP contribution is -2.13. The average Bonchev–Trinajstić information content (AvgIpc) is 2.47. The number of nitrogens with two attached hydrogens (primary N) is 1. The molecule has 2 rings (SSSR count). The number of imidazole rings is 1. The van der Waals surface area contributed by atoms with Gasteiger partial charge in [-0.15, -0.1) is 0 Å². The summed E-state index contributed by atoms with van der Waals surface area (Å²) in [5.74, 6) is -1.04. The van der Waals surface area contributed by atoms with E-state index in [9.17, 15) is 9.18 Å². The molecule has 0 aliphatic heterocycles. The number of amides is 1. The first-order chi connectivity index (χ1) is 6.59. The van der Waals surface area contributed by atoms with Crippen LogP contribution in [0.25, 0.3) is 5.65 Å². The summed E-state index contributed by atoms with van der Waals surface area (Å²) >= 11 is 0. The molecular weight excluding hydrogens is 185 g/mol. The minimum Gasteiger partial charge on any atom is -0.364 e. The molecule has 2 N–H and O–H groups in total. The summed E-state index contributed by atoms with van der Waals surface area (Å²) in [6.07, 6.45) is 2.53. The van der Waals surface area contributed by atoms with Crippen LogP contribution < -0.4 is 5.73 Å². The van der Waals surface area contributed by atoms with Gasteiger partial charge in [-0.25, -0.2) is 9.37 Å². The minimum atomic E-state index is -0.623. The number of carbonyl (C=O) groups is 1. The van der Waals surface area contributed by atoms with Crippen LogP contribution in [-0.4, -0.2) is 15.3 Å². The molecule has 72 valence electrons. The second kappa shape index (κ2) is 2.80. The first-order valence-corrected chi connectivity index (χ1v) is 4.02. The quantitative estimate of drug-likeness (QED) is 0.730. The van der Waals surface area contributed by atoms with Gasteiger partial charge in [-0.1, -0.05) is 0 Å². The molecule has 4 nitrogen and oxygen atoms in total. The van der Waals surface area contributed by atoms with Gasteiger partial charge in [0.05, 0.1) is 6.20 Å². The fraction of sp³-hybridized carbons (Fsp3) is 0.111. The van der Waals surface area contributed by atoms with Gasteiger partial charge in [0, 0.05) is 6.20 Å². The number of nitrogens with zero attached hydrogens (tertiary/aromatic N) is 2. The van der Waals surface area contributed by atoms with E-state index in [1.165, 1.54) is 22.9 Å². The molecule has 2 aromatic heterocycles. The Bertz CT molecular complexity index is 518. The number of aromatic nitrogens is 2. The van der Waals surface area contributed by atoms with E-state index in [1.807, 2.05) is 0 Å². The Labute approximate surface area is 79.2 Å². The van der Waals surface area contributed by atoms with Crippen molar-refractivity contribution in [2.45, 2.75) is 6.92 Å². The van der Waals surface area contributed by atoms with Crippen LogP contribution in [-0.2, 0) is 0 Å². The molecule has 0 aromatic carbocycles. The van der Waals surface area contributed by atoms with Gasteiger partial charge in [0.25, 0.3) is 5.91 Å². The number of fused-ring (bicyclic) bond motifs is 1. The smallest absolute Gasteiger partial charge is 0.267 e. The van der Waals surface area contributed by atoms with Crippen LogP contribution >= 0.6 is 0 Å². The Morgan fingerprint density at radius 3 is 3.00 bits per heavy atom. The monoisotopic (exact) mass is 193 g/mol. The molecule has 2 aromatic rings. The van der Waals surface area contributed by atoms with Gasteiger partial charge in [-0.05, 0) is 18.6 Å². The molecule has 0 radical (unpaired) electrons. The Morgan fingerprint density at radius 1 is 1.64 bits per heavy atom. The molecule has 14 heavy (non-hydrogen) atoms. The van der Waals surface area contributed by atoms with Gasteiger partial charge in [-0.2, -0.15) is 0 Å². The van der Waals surface area contributed by atoms with Crippen LogP contribution in [0.2, 0.25) is 0 Å². The molecule has 0 spiro atoms. The maximum Gasteiger partial charge on any atom is 0.267 e. The van der Waals surface area contributed by atoms with Crippen LogP contribution in [0.4, 0.5) is 4.39 Å². The van der Waals surface area contributed by atoms with Crippen molar-refractivity contribution in [1.82, 2.24) is 9.38 Å². The van der Waals surface area contributed by atoms with E-state index in [4.69, 9.17) is 5.73 Å². The highest BCUT2D eigenvalue weighted by molar-refractivity contribution is 5.91. The van der Waals surface area contributed by atoms with E-state index in [2.05, 4.69) is 4.98 Å². The molecular formula is C9H8FN3O. The van der Waals surface area contributed by atoms with E-state index in [1.54, 1.807) is 6.92 Å². The Hall–Kier alpha value is -1.91. The van der Waals surface area contributed by atoms with Crippen LogP contribution in [0.15, 0.2) is 18.5 Å². The van der Waals surface area contributed by atoms with Gasteiger partial charge in [0.15, 0.2) is 0 Å². The SMILES string of the molecule is Cc1cc(F)cn2c(C(N)=O)cnc12. The number of hydrogen-bond donors (Lipinski definition) is 1. The fourth-order valence-electron chi connectivity index (χ4n) is 1.40. The van der Waals surface area contributed by atoms with Gasteiger partial charge in [-0.3, -0.25) is 9.20 Å². The molecule has 0 atom stereocenters. The zero-order valence-corrected chi connectivity index (χ0v) is 7.49. The zero-order valence-electron chi connectivity index (χ0n) is 7.49. The molecule has 0 saturated heterocycles. The van der Waals surface area contributed by atoms with Crippen molar-refractivity contribution in [3.63, 3.8) is 0 Å². The van der Waals surface area contributed by atoms with Crippen LogP contribution in [0.1, 0.15) is 16.1 Å². The van der Waals surface area contributed by atoms with Crippen molar-refractivity contribution in [2.24, 2.45) is 5.73 Å². The molecule has 5 heteroatoms. The first kappa shape index (κ1) is 8.68. The lowest BCUT2D eigenvalue weighted by atomic mass is 10.3. The second-order valence-electron chi connectivity index (χ2n) is 3.04. The molecule has 0 bridgehead atoms. The Morgan fingerprint density at radius 2 is 2.36 bits per heavy atom. The lowest BCUT2D eigenvalue weighted by Gasteiger charge is -2.00. The number of rotatable bonds is 1. The summed E-state index contributed by atoms with van der Waals surface area (Å²) in [7, 11) is 0. The van der Waals surface area contributed by atoms with Gasteiger partial charge in [0.2, 0.25) is 0 Å². The third-order valence-corrected chi connectivity index (χ3v) is 2.01. The minimum absolute atomic E-state index is 0.183. The van der Waals surface area contributed by atoms with Crippen molar-refractivity contribution in [3.05, 3.63) is 35.5 Å². The number of carbonyl (C=O) groups excluding carboxylic acids is 1. The summed E-state index contributed by atoms with van der Waals surface area (Å²) in [4.78, 5) is 14.9. The number of pyridine rings is 1. The number of hydrogen-bond acceptors (Lipinski definition) is 2. The van der Waals surface area contributed by atoms with Crippen molar-refractivity contribution in [1.29, 1.82) is 0 Å². The summed E-state index contributed by atoms with van der Waals surface area (Å²) in [5, 5.41) is 0. The Balaban J connectivity index is 2.85. The highest BCUT2D eigenvalue weighted by Gasteiger charge is 2.10. The van der Waals surface area contributed by atoms with E-state index < -0.39 is 11.7 Å². The van der Waals surface area contributed by atoms with Crippen molar-refractivity contribution < 1.29 is 9.18 Å². The maximum absolute atomic E-state index is 13.0. The maximum atomic E-state index is 13.0. The molecule has 2 heterocycles. The number of aryl methyl sites for hydroxylation is 1. The molecule has 0 saturated carbocycles. The summed E-state index contributed by atoms with van der Waals surface area (Å²) in [5.41, 5.74) is 6.49. The highest BCUT2D eigenvalue weighted by Crippen LogP contribution is 2.12. The third-order valence-electron chi connectivity index (χ3n) is 2.01. The first-order valence-electron chi connectivity index (χ1n) is 4.02. The predicted molar refractivity (Wildman–Crippen MR) is 48.4 cm³/mol. The fourth-order valence-corrected chi connectivity index (χ4v) is 1.40. The van der Waals surface area contributed by atoms with Crippen molar-refractivity contribution in [3.8, 4) is 0 Å². The van der Waals surface area contributed by atoms with Crippen molar-refractivity contribution in [2.75, 3.05) is 0 Å². The van der Waals surface area contributed by atoms with Gasteiger partial charge in [0.1, 0.15) is 17.2 Å². The van der Waals surface area contributed by atoms with Crippen LogP contribution in [0.3, 0.4) is 0 Å². The second-order valence-corrected chi connectivity index (χ2v) is 3.04. The summed E-state index contributed by atoms with van der Waals surface area (Å²) in [6, 6.07) is 1.35. The summed E-state index contributed by atoms with van der Waals surface area (Å²) < 4.78 is 14.4. The third kappa shape index (κ3) is 1.14. The van der Waals surface area contributed by atoms with E-state index in [0.29, 0.717) is 11.2 Å².